The highest BCUT2D eigenvalue weighted by Crippen LogP contribution is 2.38. The van der Waals surface area contributed by atoms with Crippen molar-refractivity contribution in [3.8, 4) is 0 Å². The molecule has 1 aromatic heterocycles. The summed E-state index contributed by atoms with van der Waals surface area (Å²) in [7, 11) is 0. The molecule has 1 saturated carbocycles. The van der Waals surface area contributed by atoms with E-state index in [1.165, 1.54) is 16.7 Å². The topological polar surface area (TPSA) is 78.4 Å². The second-order valence-corrected chi connectivity index (χ2v) is 10.5. The number of anilines is 1. The normalized spacial score (nSPS) is 23.4. The second-order valence-electron chi connectivity index (χ2n) is 10.5. The maximum Gasteiger partial charge on any atom is 0.225 e. The van der Waals surface area contributed by atoms with Gasteiger partial charge in [-0.3, -0.25) is 4.79 Å². The van der Waals surface area contributed by atoms with Crippen LogP contribution in [0.5, 0.6) is 0 Å². The van der Waals surface area contributed by atoms with Gasteiger partial charge in [0, 0.05) is 30.4 Å². The van der Waals surface area contributed by atoms with Crippen LogP contribution in [0.25, 0.3) is 10.9 Å². The smallest absolute Gasteiger partial charge is 0.225 e. The molecule has 35 heavy (non-hydrogen) atoms. The molecular formula is C29H36N4O2. The molecule has 2 N–H and O–H groups in total. The molecule has 184 valence electrons. The number of carbonyl (C=O) groups excluding carboxylic acids is 1. The molecule has 6 heteroatoms. The fourth-order valence-electron chi connectivity index (χ4n) is 5.73. The number of β-amino-alcohol motifs (C(OH)–C–C–N with tert-alkyl or cyclic N) is 1. The van der Waals surface area contributed by atoms with Gasteiger partial charge in [0.25, 0.3) is 0 Å². The number of rotatable bonds is 5. The Labute approximate surface area is 207 Å². The molecular weight excluding hydrogens is 436 g/mol. The molecule has 2 fully saturated rings. The first-order valence-corrected chi connectivity index (χ1v) is 13.0. The van der Waals surface area contributed by atoms with E-state index in [2.05, 4.69) is 66.6 Å². The Morgan fingerprint density at radius 3 is 2.57 bits per heavy atom. The molecule has 1 amide bonds. The SMILES string of the molecule is Cc1cccc([C@@H](C)Nc2nc(C)nc3ccc([C@H]4CC[C@H](C(=O)N5CCC(O)C5)CC4)cc23)c1. The standard InChI is InChI=1S/C29H36N4O2/c1-18-5-4-6-23(15-18)19(2)30-28-26-16-24(11-12-27(26)31-20(3)32-28)21-7-9-22(10-8-21)29(35)33-14-13-25(34)17-33/h4-6,11-12,15-16,19,21-22,25,34H,7-10,13-14,17H2,1-3H3,(H,30,31,32)/t19-,21-,22-,25?/m1/s1. The fraction of sp³-hybridized carbons (Fsp3) is 0.483. The maximum absolute atomic E-state index is 12.9. The van der Waals surface area contributed by atoms with Gasteiger partial charge in [-0.25, -0.2) is 9.97 Å². The Kier molecular flexibility index (Phi) is 6.74. The summed E-state index contributed by atoms with van der Waals surface area (Å²) in [4.78, 5) is 24.2. The average Bonchev–Trinajstić information content (AvgIpc) is 3.29. The minimum atomic E-state index is -0.352. The molecule has 1 saturated heterocycles. The van der Waals surface area contributed by atoms with Crippen LogP contribution >= 0.6 is 0 Å². The van der Waals surface area contributed by atoms with Crippen molar-refractivity contribution in [1.29, 1.82) is 0 Å². The van der Waals surface area contributed by atoms with Crippen molar-refractivity contribution in [1.82, 2.24) is 14.9 Å². The van der Waals surface area contributed by atoms with Gasteiger partial charge in [0.05, 0.1) is 11.6 Å². The molecule has 2 aliphatic rings. The van der Waals surface area contributed by atoms with Gasteiger partial charge < -0.3 is 15.3 Å². The van der Waals surface area contributed by atoms with Gasteiger partial charge >= 0.3 is 0 Å². The molecule has 2 heterocycles. The molecule has 3 aromatic rings. The number of aryl methyl sites for hydroxylation is 2. The summed E-state index contributed by atoms with van der Waals surface area (Å²) in [6, 6.07) is 15.3. The lowest BCUT2D eigenvalue weighted by atomic mass is 9.78. The van der Waals surface area contributed by atoms with Gasteiger partial charge in [-0.1, -0.05) is 35.9 Å². The summed E-state index contributed by atoms with van der Waals surface area (Å²) in [6.07, 6.45) is 4.19. The minimum Gasteiger partial charge on any atom is -0.391 e. The highest BCUT2D eigenvalue weighted by atomic mass is 16.3. The number of amides is 1. The van der Waals surface area contributed by atoms with E-state index in [4.69, 9.17) is 4.98 Å². The second kappa shape index (κ2) is 9.94. The number of hydrogen-bond acceptors (Lipinski definition) is 5. The number of benzene rings is 2. The summed E-state index contributed by atoms with van der Waals surface area (Å²) >= 11 is 0. The predicted octanol–water partition coefficient (Wildman–Crippen LogP) is 5.29. The van der Waals surface area contributed by atoms with E-state index in [1.54, 1.807) is 0 Å². The first-order chi connectivity index (χ1) is 16.9. The van der Waals surface area contributed by atoms with Crippen LogP contribution < -0.4 is 5.32 Å². The maximum atomic E-state index is 12.9. The largest absolute Gasteiger partial charge is 0.391 e. The molecule has 0 bridgehead atoms. The molecule has 2 aromatic carbocycles. The van der Waals surface area contributed by atoms with Gasteiger partial charge in [0.2, 0.25) is 5.91 Å². The monoisotopic (exact) mass is 472 g/mol. The number of hydrogen-bond donors (Lipinski definition) is 2. The van der Waals surface area contributed by atoms with Crippen molar-refractivity contribution in [2.45, 2.75) is 70.9 Å². The van der Waals surface area contributed by atoms with Gasteiger partial charge in [-0.2, -0.15) is 0 Å². The Bertz CT molecular complexity index is 1220. The van der Waals surface area contributed by atoms with Crippen LogP contribution in [0.2, 0.25) is 0 Å². The predicted molar refractivity (Wildman–Crippen MR) is 139 cm³/mol. The number of aliphatic hydroxyl groups excluding tert-OH is 1. The average molecular weight is 473 g/mol. The van der Waals surface area contributed by atoms with E-state index in [1.807, 2.05) is 11.8 Å². The van der Waals surface area contributed by atoms with Crippen LogP contribution in [0.4, 0.5) is 5.82 Å². The molecule has 1 aliphatic carbocycles. The van der Waals surface area contributed by atoms with Crippen molar-refractivity contribution >= 4 is 22.6 Å². The van der Waals surface area contributed by atoms with E-state index < -0.39 is 0 Å². The lowest BCUT2D eigenvalue weighted by Crippen LogP contribution is -2.36. The lowest BCUT2D eigenvalue weighted by molar-refractivity contribution is -0.135. The van der Waals surface area contributed by atoms with Crippen LogP contribution in [0.15, 0.2) is 42.5 Å². The third kappa shape index (κ3) is 5.18. The number of carbonyl (C=O) groups is 1. The fourth-order valence-corrected chi connectivity index (χ4v) is 5.73. The number of nitrogens with one attached hydrogen (secondary N) is 1. The van der Waals surface area contributed by atoms with Crippen LogP contribution in [0, 0.1) is 19.8 Å². The Balaban J connectivity index is 1.33. The van der Waals surface area contributed by atoms with Crippen molar-refractivity contribution in [3.63, 3.8) is 0 Å². The third-order valence-corrected chi connectivity index (χ3v) is 7.75. The highest BCUT2D eigenvalue weighted by molar-refractivity contribution is 5.90. The summed E-state index contributed by atoms with van der Waals surface area (Å²) in [5.41, 5.74) is 4.74. The van der Waals surface area contributed by atoms with Gasteiger partial charge in [0.1, 0.15) is 11.6 Å². The zero-order valence-corrected chi connectivity index (χ0v) is 21.0. The number of aromatic nitrogens is 2. The van der Waals surface area contributed by atoms with Gasteiger partial charge in [-0.15, -0.1) is 0 Å². The first kappa shape index (κ1) is 23.7. The lowest BCUT2D eigenvalue weighted by Gasteiger charge is -2.31. The zero-order valence-electron chi connectivity index (χ0n) is 21.0. The summed E-state index contributed by atoms with van der Waals surface area (Å²) in [5.74, 6) is 2.40. The van der Waals surface area contributed by atoms with E-state index in [0.717, 1.165) is 48.2 Å². The summed E-state index contributed by atoms with van der Waals surface area (Å²) in [5, 5.41) is 14.5. The molecule has 0 radical (unpaired) electrons. The minimum absolute atomic E-state index is 0.0930. The Morgan fingerprint density at radius 2 is 1.86 bits per heavy atom. The van der Waals surface area contributed by atoms with Crippen LogP contribution in [-0.2, 0) is 4.79 Å². The molecule has 0 spiro atoms. The molecule has 1 unspecified atom stereocenters. The summed E-state index contributed by atoms with van der Waals surface area (Å²) < 4.78 is 0. The molecule has 6 nitrogen and oxygen atoms in total. The summed E-state index contributed by atoms with van der Waals surface area (Å²) in [6.45, 7) is 7.41. The molecule has 2 atom stereocenters. The molecule has 1 aliphatic heterocycles. The van der Waals surface area contributed by atoms with Crippen molar-refractivity contribution < 1.29 is 9.90 Å². The van der Waals surface area contributed by atoms with E-state index in [-0.39, 0.29) is 24.0 Å². The van der Waals surface area contributed by atoms with Crippen LogP contribution in [-0.4, -0.2) is 45.1 Å². The van der Waals surface area contributed by atoms with Gasteiger partial charge in [-0.05, 0) is 82.1 Å². The van der Waals surface area contributed by atoms with Crippen LogP contribution in [0.1, 0.15) is 73.5 Å². The van der Waals surface area contributed by atoms with Crippen LogP contribution in [0.3, 0.4) is 0 Å². The number of aliphatic hydroxyl groups is 1. The Morgan fingerprint density at radius 1 is 1.06 bits per heavy atom. The quantitative estimate of drug-likeness (QED) is 0.528. The van der Waals surface area contributed by atoms with E-state index in [9.17, 15) is 9.90 Å². The number of likely N-dealkylation sites (tertiary alicyclic amines) is 1. The van der Waals surface area contributed by atoms with E-state index >= 15 is 0 Å². The number of nitrogens with zero attached hydrogens (tertiary/aromatic N) is 3. The third-order valence-electron chi connectivity index (χ3n) is 7.75. The van der Waals surface area contributed by atoms with Crippen molar-refractivity contribution in [3.05, 3.63) is 65.0 Å². The highest BCUT2D eigenvalue weighted by Gasteiger charge is 2.33. The first-order valence-electron chi connectivity index (χ1n) is 13.0. The zero-order chi connectivity index (χ0) is 24.5. The van der Waals surface area contributed by atoms with Crippen molar-refractivity contribution in [2.24, 2.45) is 5.92 Å². The van der Waals surface area contributed by atoms with Crippen molar-refractivity contribution in [2.75, 3.05) is 18.4 Å². The molecule has 5 rings (SSSR count). The van der Waals surface area contributed by atoms with Gasteiger partial charge in [0.15, 0.2) is 0 Å². The van der Waals surface area contributed by atoms with E-state index in [0.29, 0.717) is 25.4 Å². The Hall–Kier alpha value is -2.99. The number of fused-ring (bicyclic) bond motifs is 1.